The Morgan fingerprint density at radius 2 is 2.28 bits per heavy atom. The number of Topliss-reactive ketones (excluding diaryl/α,β-unsaturated/α-hetero) is 1. The number of carbonyl (C=O) groups excluding carboxylic acids is 1. The Labute approximate surface area is 107 Å². The summed E-state index contributed by atoms with van der Waals surface area (Å²) in [5, 5.41) is 3.46. The highest BCUT2D eigenvalue weighted by molar-refractivity contribution is 5.96. The molecule has 3 unspecified atom stereocenters. The molecule has 0 amide bonds. The van der Waals surface area contributed by atoms with Crippen molar-refractivity contribution >= 4 is 5.78 Å². The van der Waals surface area contributed by atoms with Crippen LogP contribution < -0.4 is 5.32 Å². The van der Waals surface area contributed by atoms with Crippen LogP contribution in [0.1, 0.15) is 36.0 Å². The number of carbonyl (C=O) groups is 1. The van der Waals surface area contributed by atoms with E-state index < -0.39 is 0 Å². The van der Waals surface area contributed by atoms with E-state index >= 15 is 0 Å². The highest BCUT2D eigenvalue weighted by Gasteiger charge is 2.39. The lowest BCUT2D eigenvalue weighted by molar-refractivity contribution is 0.0963. The maximum absolute atomic E-state index is 13.1. The van der Waals surface area contributed by atoms with Crippen molar-refractivity contribution in [2.24, 2.45) is 11.8 Å². The number of nitrogens with one attached hydrogen (secondary N) is 1. The van der Waals surface area contributed by atoms with Crippen LogP contribution in [-0.4, -0.2) is 18.4 Å². The Morgan fingerprint density at radius 1 is 1.39 bits per heavy atom. The van der Waals surface area contributed by atoms with E-state index in [-0.39, 0.29) is 11.6 Å². The van der Waals surface area contributed by atoms with Gasteiger partial charge in [0.25, 0.3) is 0 Å². The zero-order valence-corrected chi connectivity index (χ0v) is 10.4. The molecule has 1 N–H and O–H groups in total. The van der Waals surface area contributed by atoms with Gasteiger partial charge < -0.3 is 5.32 Å². The van der Waals surface area contributed by atoms with Gasteiger partial charge >= 0.3 is 0 Å². The molecule has 1 aliphatic carbocycles. The van der Waals surface area contributed by atoms with E-state index in [9.17, 15) is 9.18 Å². The molecule has 96 valence electrons. The van der Waals surface area contributed by atoms with Crippen LogP contribution in [0.25, 0.3) is 0 Å². The number of hydrogen-bond donors (Lipinski definition) is 1. The van der Waals surface area contributed by atoms with Gasteiger partial charge in [-0.15, -0.1) is 0 Å². The first-order chi connectivity index (χ1) is 8.74. The molecule has 3 atom stereocenters. The van der Waals surface area contributed by atoms with E-state index in [4.69, 9.17) is 0 Å². The predicted octanol–water partition coefficient (Wildman–Crippen LogP) is 2.79. The Hall–Kier alpha value is -1.22. The molecule has 2 aliphatic rings. The fraction of sp³-hybridized carbons (Fsp3) is 0.533. The topological polar surface area (TPSA) is 29.1 Å². The second-order valence-corrected chi connectivity index (χ2v) is 5.51. The first-order valence-corrected chi connectivity index (χ1v) is 6.76. The molecule has 1 saturated carbocycles. The van der Waals surface area contributed by atoms with E-state index in [2.05, 4.69) is 5.32 Å². The standard InChI is InChI=1S/C15H18FNO/c16-12-5-1-3-10(7-12)15(18)8-14-13-6-2-4-11(13)9-17-14/h1,3,5,7,11,13-14,17H,2,4,6,8-9H2. The largest absolute Gasteiger partial charge is 0.313 e. The van der Waals surface area contributed by atoms with Crippen LogP contribution in [0.15, 0.2) is 24.3 Å². The van der Waals surface area contributed by atoms with Gasteiger partial charge in [-0.2, -0.15) is 0 Å². The van der Waals surface area contributed by atoms with Crippen LogP contribution in [0.4, 0.5) is 4.39 Å². The van der Waals surface area contributed by atoms with Crippen LogP contribution in [-0.2, 0) is 0 Å². The predicted molar refractivity (Wildman–Crippen MR) is 68.0 cm³/mol. The van der Waals surface area contributed by atoms with Crippen molar-refractivity contribution in [2.75, 3.05) is 6.54 Å². The minimum absolute atomic E-state index is 0.0551. The van der Waals surface area contributed by atoms with Crippen LogP contribution in [0.5, 0.6) is 0 Å². The Balaban J connectivity index is 1.68. The van der Waals surface area contributed by atoms with Crippen molar-refractivity contribution in [2.45, 2.75) is 31.7 Å². The third-order valence-electron chi connectivity index (χ3n) is 4.43. The second kappa shape index (κ2) is 4.81. The molecule has 2 fully saturated rings. The summed E-state index contributed by atoms with van der Waals surface area (Å²) in [5.41, 5.74) is 0.498. The number of halogens is 1. The Bertz CT molecular complexity index is 460. The summed E-state index contributed by atoms with van der Waals surface area (Å²) in [6.45, 7) is 1.05. The van der Waals surface area contributed by atoms with Gasteiger partial charge in [0, 0.05) is 18.0 Å². The van der Waals surface area contributed by atoms with Gasteiger partial charge in [0.15, 0.2) is 5.78 Å². The molecule has 2 nitrogen and oxygen atoms in total. The lowest BCUT2D eigenvalue weighted by atomic mass is 9.90. The van der Waals surface area contributed by atoms with Gasteiger partial charge in [0.2, 0.25) is 0 Å². The van der Waals surface area contributed by atoms with Crippen molar-refractivity contribution < 1.29 is 9.18 Å². The minimum Gasteiger partial charge on any atom is -0.313 e. The van der Waals surface area contributed by atoms with Crippen molar-refractivity contribution in [1.82, 2.24) is 5.32 Å². The van der Waals surface area contributed by atoms with E-state index in [0.717, 1.165) is 12.5 Å². The summed E-state index contributed by atoms with van der Waals surface area (Å²) >= 11 is 0. The average molecular weight is 247 g/mol. The fourth-order valence-corrected chi connectivity index (χ4v) is 3.51. The van der Waals surface area contributed by atoms with E-state index in [1.165, 1.54) is 31.4 Å². The fourth-order valence-electron chi connectivity index (χ4n) is 3.51. The summed E-state index contributed by atoms with van der Waals surface area (Å²) in [5.74, 6) is 1.14. The number of benzene rings is 1. The molecule has 3 heteroatoms. The Kier molecular flexibility index (Phi) is 3.16. The van der Waals surface area contributed by atoms with Crippen molar-refractivity contribution in [1.29, 1.82) is 0 Å². The number of ketones is 1. The zero-order chi connectivity index (χ0) is 12.5. The summed E-state index contributed by atoms with van der Waals surface area (Å²) in [7, 11) is 0. The molecule has 1 aromatic carbocycles. The van der Waals surface area contributed by atoms with Crippen LogP contribution in [0, 0.1) is 17.7 Å². The average Bonchev–Trinajstić information content (AvgIpc) is 2.94. The monoisotopic (exact) mass is 247 g/mol. The third-order valence-corrected chi connectivity index (χ3v) is 4.43. The SMILES string of the molecule is O=C(CC1NCC2CCCC21)c1cccc(F)c1. The van der Waals surface area contributed by atoms with Crippen LogP contribution in [0.3, 0.4) is 0 Å². The molecule has 3 rings (SSSR count). The van der Waals surface area contributed by atoms with Crippen molar-refractivity contribution in [3.63, 3.8) is 0 Å². The summed E-state index contributed by atoms with van der Waals surface area (Å²) in [6, 6.07) is 6.31. The molecular formula is C15H18FNO. The van der Waals surface area contributed by atoms with E-state index in [1.807, 2.05) is 0 Å². The zero-order valence-electron chi connectivity index (χ0n) is 10.4. The summed E-state index contributed by atoms with van der Waals surface area (Å²) < 4.78 is 13.1. The van der Waals surface area contributed by atoms with E-state index in [0.29, 0.717) is 23.9 Å². The molecular weight excluding hydrogens is 229 g/mol. The smallest absolute Gasteiger partial charge is 0.164 e. The highest BCUT2D eigenvalue weighted by Crippen LogP contribution is 2.38. The lowest BCUT2D eigenvalue weighted by Gasteiger charge is -2.17. The quantitative estimate of drug-likeness (QED) is 0.832. The second-order valence-electron chi connectivity index (χ2n) is 5.51. The molecule has 1 saturated heterocycles. The lowest BCUT2D eigenvalue weighted by Crippen LogP contribution is -2.29. The van der Waals surface area contributed by atoms with Gasteiger partial charge in [-0.3, -0.25) is 4.79 Å². The highest BCUT2D eigenvalue weighted by atomic mass is 19.1. The summed E-state index contributed by atoms with van der Waals surface area (Å²) in [4.78, 5) is 12.1. The first-order valence-electron chi connectivity index (χ1n) is 6.76. The number of rotatable bonds is 3. The first kappa shape index (κ1) is 11.8. The molecule has 0 aromatic heterocycles. The third kappa shape index (κ3) is 2.19. The van der Waals surface area contributed by atoms with E-state index in [1.54, 1.807) is 12.1 Å². The maximum Gasteiger partial charge on any atom is 0.164 e. The molecule has 1 aromatic rings. The molecule has 18 heavy (non-hydrogen) atoms. The van der Waals surface area contributed by atoms with Crippen molar-refractivity contribution in [3.05, 3.63) is 35.6 Å². The number of hydrogen-bond acceptors (Lipinski definition) is 2. The molecule has 1 aliphatic heterocycles. The molecule has 1 heterocycles. The van der Waals surface area contributed by atoms with Gasteiger partial charge in [0.05, 0.1) is 0 Å². The van der Waals surface area contributed by atoms with Crippen molar-refractivity contribution in [3.8, 4) is 0 Å². The van der Waals surface area contributed by atoms with Gasteiger partial charge in [-0.25, -0.2) is 4.39 Å². The van der Waals surface area contributed by atoms with Gasteiger partial charge in [-0.1, -0.05) is 18.6 Å². The molecule has 0 spiro atoms. The van der Waals surface area contributed by atoms with Gasteiger partial charge in [-0.05, 0) is 43.4 Å². The van der Waals surface area contributed by atoms with Gasteiger partial charge in [0.1, 0.15) is 5.82 Å². The number of fused-ring (bicyclic) bond motifs is 1. The molecule has 0 radical (unpaired) electrons. The van der Waals surface area contributed by atoms with Crippen LogP contribution >= 0.6 is 0 Å². The molecule has 0 bridgehead atoms. The normalized spacial score (nSPS) is 30.4. The van der Waals surface area contributed by atoms with Crippen LogP contribution in [0.2, 0.25) is 0 Å². The minimum atomic E-state index is -0.334. The Morgan fingerprint density at radius 3 is 3.11 bits per heavy atom. The maximum atomic E-state index is 13.1. The summed E-state index contributed by atoms with van der Waals surface area (Å²) in [6.07, 6.45) is 4.33.